The zero-order chi connectivity index (χ0) is 29.3. The number of sulfone groups is 1. The number of amides is 1. The van der Waals surface area contributed by atoms with Crippen molar-refractivity contribution in [3.05, 3.63) is 89.5 Å². The first-order valence-corrected chi connectivity index (χ1v) is 15.4. The van der Waals surface area contributed by atoms with Crippen molar-refractivity contribution in [1.29, 1.82) is 0 Å². The van der Waals surface area contributed by atoms with E-state index in [1.165, 1.54) is 0 Å². The molecule has 1 atom stereocenters. The predicted molar refractivity (Wildman–Crippen MR) is 152 cm³/mol. The number of fused-ring (bicyclic) bond motifs is 3. The first-order valence-electron chi connectivity index (χ1n) is 13.8. The number of carbonyl (C=O) groups is 1. The molecule has 0 radical (unpaired) electrons. The number of nitrogens with one attached hydrogen (secondary N) is 2. The maximum atomic E-state index is 13.7. The van der Waals surface area contributed by atoms with Crippen LogP contribution in [0.4, 0.5) is 13.2 Å². The van der Waals surface area contributed by atoms with Gasteiger partial charge in [-0.2, -0.15) is 13.2 Å². The van der Waals surface area contributed by atoms with E-state index in [1.807, 2.05) is 48.2 Å². The lowest BCUT2D eigenvalue weighted by atomic mass is 9.73. The van der Waals surface area contributed by atoms with E-state index in [1.54, 1.807) is 36.4 Å². The van der Waals surface area contributed by atoms with Crippen molar-refractivity contribution in [2.24, 2.45) is 0 Å². The zero-order valence-electron chi connectivity index (χ0n) is 22.9. The molecule has 3 aromatic rings. The van der Waals surface area contributed by atoms with Gasteiger partial charge in [0.15, 0.2) is 9.84 Å². The summed E-state index contributed by atoms with van der Waals surface area (Å²) in [4.78, 5) is 15.9. The van der Waals surface area contributed by atoms with Gasteiger partial charge in [0.1, 0.15) is 17.3 Å². The predicted octanol–water partition coefficient (Wildman–Crippen LogP) is 4.82. The number of piperazine rings is 1. The smallest absolute Gasteiger partial charge is 0.346 e. The molecule has 0 saturated carbocycles. The van der Waals surface area contributed by atoms with Crippen molar-refractivity contribution in [1.82, 2.24) is 15.5 Å². The van der Waals surface area contributed by atoms with Gasteiger partial charge >= 0.3 is 6.18 Å². The molecular formula is C31H34F3N3O3S. The van der Waals surface area contributed by atoms with Crippen LogP contribution in [0.1, 0.15) is 36.0 Å². The second-order valence-corrected chi connectivity index (χ2v) is 12.9. The number of rotatable bonds is 9. The summed E-state index contributed by atoms with van der Waals surface area (Å²) >= 11 is 0. The van der Waals surface area contributed by atoms with E-state index in [2.05, 4.69) is 10.6 Å². The maximum Gasteiger partial charge on any atom is 0.405 e. The van der Waals surface area contributed by atoms with Gasteiger partial charge in [-0.15, -0.1) is 0 Å². The molecule has 1 fully saturated rings. The normalized spacial score (nSPS) is 18.5. The molecule has 1 saturated heterocycles. The van der Waals surface area contributed by atoms with E-state index in [4.69, 9.17) is 0 Å². The summed E-state index contributed by atoms with van der Waals surface area (Å²) in [6, 6.07) is 21.6. The molecule has 41 heavy (non-hydrogen) atoms. The third-order valence-electron chi connectivity index (χ3n) is 8.16. The number of unbranched alkanes of at least 4 members (excludes halogenated alkanes) is 1. The van der Waals surface area contributed by atoms with Gasteiger partial charge in [0.2, 0.25) is 5.91 Å². The highest BCUT2D eigenvalue weighted by atomic mass is 32.2. The van der Waals surface area contributed by atoms with Crippen molar-refractivity contribution < 1.29 is 26.4 Å². The van der Waals surface area contributed by atoms with Gasteiger partial charge in [0.25, 0.3) is 0 Å². The van der Waals surface area contributed by atoms with Gasteiger partial charge in [0, 0.05) is 19.6 Å². The van der Waals surface area contributed by atoms with Gasteiger partial charge < -0.3 is 10.6 Å². The summed E-state index contributed by atoms with van der Waals surface area (Å²) in [5.41, 5.74) is 2.79. The molecule has 5 rings (SSSR count). The first kappa shape index (κ1) is 29.3. The van der Waals surface area contributed by atoms with Gasteiger partial charge in [-0.05, 0) is 60.7 Å². The Kier molecular flexibility index (Phi) is 8.27. The average molecular weight is 586 g/mol. The van der Waals surface area contributed by atoms with Gasteiger partial charge in [-0.1, -0.05) is 72.6 Å². The SMILES string of the molecule is Cc1ccc(S(=O)(=O)C2CNCCN2CCCCC2(C(=O)NCC(F)(F)F)c3ccccc3-c3ccccc32)cc1. The Morgan fingerprint density at radius 3 is 2.20 bits per heavy atom. The molecule has 1 unspecified atom stereocenters. The Balaban J connectivity index is 1.37. The van der Waals surface area contributed by atoms with Crippen LogP contribution in [0.15, 0.2) is 77.7 Å². The average Bonchev–Trinajstić information content (AvgIpc) is 3.25. The lowest BCUT2D eigenvalue weighted by molar-refractivity contribution is -0.141. The van der Waals surface area contributed by atoms with Crippen LogP contribution in [0, 0.1) is 6.92 Å². The topological polar surface area (TPSA) is 78.5 Å². The minimum absolute atomic E-state index is 0.279. The van der Waals surface area contributed by atoms with Crippen molar-refractivity contribution in [2.75, 3.05) is 32.7 Å². The van der Waals surface area contributed by atoms with E-state index >= 15 is 0 Å². The molecule has 0 spiro atoms. The molecule has 0 bridgehead atoms. The Labute approximate surface area is 238 Å². The van der Waals surface area contributed by atoms with Crippen molar-refractivity contribution in [3.63, 3.8) is 0 Å². The summed E-state index contributed by atoms with van der Waals surface area (Å²) in [5.74, 6) is -0.672. The molecular weight excluding hydrogens is 551 g/mol. The fourth-order valence-corrected chi connectivity index (χ4v) is 7.93. The number of carbonyl (C=O) groups excluding carboxylic acids is 1. The van der Waals surface area contributed by atoms with Crippen LogP contribution in [-0.4, -0.2) is 63.5 Å². The Morgan fingerprint density at radius 2 is 1.59 bits per heavy atom. The second kappa shape index (κ2) is 11.6. The van der Waals surface area contributed by atoms with Gasteiger partial charge in [0.05, 0.1) is 4.90 Å². The number of benzene rings is 3. The minimum Gasteiger partial charge on any atom is -0.346 e. The third kappa shape index (κ3) is 5.78. The number of nitrogens with zero attached hydrogens (tertiary/aromatic N) is 1. The van der Waals surface area contributed by atoms with Gasteiger partial charge in [-0.25, -0.2) is 8.42 Å². The van der Waals surface area contributed by atoms with Crippen LogP contribution >= 0.6 is 0 Å². The number of aryl methyl sites for hydroxylation is 1. The molecule has 1 aliphatic heterocycles. The minimum atomic E-state index is -4.53. The Hall–Kier alpha value is -3.21. The van der Waals surface area contributed by atoms with Crippen LogP contribution in [0.3, 0.4) is 0 Å². The molecule has 1 aliphatic carbocycles. The molecule has 0 aromatic heterocycles. The lowest BCUT2D eigenvalue weighted by Crippen LogP contribution is -2.54. The summed E-state index contributed by atoms with van der Waals surface area (Å²) in [7, 11) is -3.61. The highest BCUT2D eigenvalue weighted by Gasteiger charge is 2.49. The number of hydrogen-bond acceptors (Lipinski definition) is 5. The van der Waals surface area contributed by atoms with E-state index in [-0.39, 0.29) is 4.90 Å². The van der Waals surface area contributed by atoms with Crippen LogP contribution < -0.4 is 10.6 Å². The van der Waals surface area contributed by atoms with Crippen LogP contribution in [0.5, 0.6) is 0 Å². The first-order chi connectivity index (χ1) is 19.5. The highest BCUT2D eigenvalue weighted by molar-refractivity contribution is 7.92. The Morgan fingerprint density at radius 1 is 0.976 bits per heavy atom. The zero-order valence-corrected chi connectivity index (χ0v) is 23.7. The summed E-state index contributed by atoms with van der Waals surface area (Å²) < 4.78 is 66.4. The van der Waals surface area contributed by atoms with Crippen molar-refractivity contribution in [3.8, 4) is 11.1 Å². The monoisotopic (exact) mass is 585 g/mol. The van der Waals surface area contributed by atoms with Crippen molar-refractivity contribution >= 4 is 15.7 Å². The largest absolute Gasteiger partial charge is 0.405 e. The standard InChI is InChI=1S/C31H34F3N3O3S/c1-22-12-14-23(15-13-22)41(39,40)28-20-35-17-19-37(28)18-7-6-16-30(29(38)36-21-31(32,33)34)26-10-4-2-8-24(26)25-9-3-5-11-27(25)30/h2-5,8-15,28,35H,6-7,16-21H2,1H3,(H,36,38). The summed E-state index contributed by atoms with van der Waals surface area (Å²) in [6.07, 6.45) is -3.14. The highest BCUT2D eigenvalue weighted by Crippen LogP contribution is 2.51. The van der Waals surface area contributed by atoms with Crippen LogP contribution in [0.25, 0.3) is 11.1 Å². The molecule has 10 heteroatoms. The molecule has 218 valence electrons. The van der Waals surface area contributed by atoms with Crippen LogP contribution in [0.2, 0.25) is 0 Å². The van der Waals surface area contributed by atoms with E-state index in [0.29, 0.717) is 56.6 Å². The van der Waals surface area contributed by atoms with Crippen LogP contribution in [-0.2, 0) is 20.0 Å². The number of halogens is 3. The summed E-state index contributed by atoms with van der Waals surface area (Å²) in [6.45, 7) is 2.50. The lowest BCUT2D eigenvalue weighted by Gasteiger charge is -2.36. The second-order valence-electron chi connectivity index (χ2n) is 10.8. The van der Waals surface area contributed by atoms with E-state index < -0.39 is 39.3 Å². The van der Waals surface area contributed by atoms with Crippen molar-refractivity contribution in [2.45, 2.75) is 48.0 Å². The quantitative estimate of drug-likeness (QED) is 0.353. The Bertz CT molecular complexity index is 1460. The molecule has 3 aromatic carbocycles. The molecule has 2 N–H and O–H groups in total. The molecule has 1 heterocycles. The molecule has 2 aliphatic rings. The molecule has 1 amide bonds. The number of alkyl halides is 3. The molecule has 6 nitrogen and oxygen atoms in total. The van der Waals surface area contributed by atoms with E-state index in [9.17, 15) is 26.4 Å². The van der Waals surface area contributed by atoms with Gasteiger partial charge in [-0.3, -0.25) is 9.69 Å². The third-order valence-corrected chi connectivity index (χ3v) is 10.3. The number of hydrogen-bond donors (Lipinski definition) is 2. The van der Waals surface area contributed by atoms with E-state index in [0.717, 1.165) is 16.7 Å². The fraction of sp³-hybridized carbons (Fsp3) is 0.387. The summed E-state index contributed by atoms with van der Waals surface area (Å²) in [5, 5.41) is 4.63. The fourth-order valence-electron chi connectivity index (χ4n) is 6.16. The maximum absolute atomic E-state index is 13.7.